The minimum absolute atomic E-state index is 0.212. The third kappa shape index (κ3) is 21.1. The van der Waals surface area contributed by atoms with Crippen molar-refractivity contribution in [3.8, 4) is 0 Å². The predicted molar refractivity (Wildman–Crippen MR) is 258 cm³/mol. The molecule has 0 aromatic carbocycles. The molecule has 19 heteroatoms. The van der Waals surface area contributed by atoms with E-state index in [0.717, 1.165) is 77.0 Å². The zero-order valence-electron chi connectivity index (χ0n) is 41.2. The Morgan fingerprint density at radius 2 is 0.986 bits per heavy atom. The van der Waals surface area contributed by atoms with E-state index in [1.807, 2.05) is 0 Å². The molecule has 3 fully saturated rings. The number of carbonyl (C=O) groups excluding carboxylic acids is 1. The van der Waals surface area contributed by atoms with E-state index in [4.69, 9.17) is 28.4 Å². The fraction of sp³-hybridized carbons (Fsp3) is 0.784. The van der Waals surface area contributed by atoms with Crippen molar-refractivity contribution in [1.82, 2.24) is 5.32 Å². The molecule has 70 heavy (non-hydrogen) atoms. The standard InChI is InChI=1S/C51H87NO18/c1-3-5-7-9-11-13-15-16-17-19-21-23-25-27-29-39(57)52-34(35(56)28-26-24-22-20-18-14-12-10-8-6-4-2)33-65-49-45(63)42(60)47(37(31-54)67-49)70-51-46(64)43(61)48(38(32-55)68-51)69-50-44(62)41(59)40(58)36(30-53)66-50/h8-11,15-16,18,20,26,28,34-38,40-51,53-56,58-64H,3-7,12-14,17,19,21-25,27,29-33H2,1-2H3,(H,52,57)/b10-8+,11-9-,16-15-,20-18+,28-26+. The van der Waals surface area contributed by atoms with Gasteiger partial charge in [-0.2, -0.15) is 0 Å². The molecule has 3 aliphatic rings. The molecule has 0 saturated carbocycles. The lowest BCUT2D eigenvalue weighted by Gasteiger charge is -2.48. The molecule has 0 radical (unpaired) electrons. The third-order valence-corrected chi connectivity index (χ3v) is 12.5. The second-order valence-corrected chi connectivity index (χ2v) is 18.3. The Morgan fingerprint density at radius 1 is 0.514 bits per heavy atom. The molecule has 404 valence electrons. The van der Waals surface area contributed by atoms with Gasteiger partial charge in [-0.1, -0.05) is 113 Å². The fourth-order valence-corrected chi connectivity index (χ4v) is 8.18. The second-order valence-electron chi connectivity index (χ2n) is 18.3. The van der Waals surface area contributed by atoms with Crippen LogP contribution in [0.15, 0.2) is 60.8 Å². The van der Waals surface area contributed by atoms with Gasteiger partial charge in [-0.15, -0.1) is 0 Å². The molecule has 0 spiro atoms. The maximum atomic E-state index is 13.2. The van der Waals surface area contributed by atoms with E-state index < -0.39 is 124 Å². The molecule has 0 aromatic rings. The number of carbonyl (C=O) groups is 1. The number of rotatable bonds is 34. The first kappa shape index (κ1) is 61.8. The summed E-state index contributed by atoms with van der Waals surface area (Å²) in [7, 11) is 0. The monoisotopic (exact) mass is 1000 g/mol. The number of unbranched alkanes of at least 4 members (excludes halogenated alkanes) is 10. The van der Waals surface area contributed by atoms with Gasteiger partial charge in [-0.25, -0.2) is 0 Å². The first-order valence-electron chi connectivity index (χ1n) is 25.5. The molecule has 17 unspecified atom stereocenters. The number of nitrogens with one attached hydrogen (secondary N) is 1. The summed E-state index contributed by atoms with van der Waals surface area (Å²) in [5.74, 6) is -0.311. The van der Waals surface area contributed by atoms with Crippen LogP contribution in [0, 0.1) is 0 Å². The van der Waals surface area contributed by atoms with E-state index >= 15 is 0 Å². The number of hydrogen-bond donors (Lipinski definition) is 12. The van der Waals surface area contributed by atoms with Crippen LogP contribution in [0.25, 0.3) is 0 Å². The third-order valence-electron chi connectivity index (χ3n) is 12.5. The largest absolute Gasteiger partial charge is 0.394 e. The quantitative estimate of drug-likeness (QED) is 0.0323. The van der Waals surface area contributed by atoms with Gasteiger partial charge in [0, 0.05) is 6.42 Å². The van der Waals surface area contributed by atoms with Crippen molar-refractivity contribution in [2.75, 3.05) is 26.4 Å². The smallest absolute Gasteiger partial charge is 0.220 e. The van der Waals surface area contributed by atoms with Gasteiger partial charge in [-0.05, 0) is 64.2 Å². The number of amides is 1. The summed E-state index contributed by atoms with van der Waals surface area (Å²) in [6, 6.07) is -1.00. The molecule has 3 heterocycles. The van der Waals surface area contributed by atoms with Gasteiger partial charge in [0.05, 0.1) is 38.6 Å². The Bertz CT molecular complexity index is 1530. The van der Waals surface area contributed by atoms with E-state index in [9.17, 15) is 61.0 Å². The van der Waals surface area contributed by atoms with Crippen LogP contribution in [-0.4, -0.2) is 193 Å². The molecular weight excluding hydrogens is 915 g/mol. The topological polar surface area (TPSA) is 307 Å². The molecular formula is C51H87NO18. The molecule has 0 aromatic heterocycles. The Balaban J connectivity index is 1.58. The van der Waals surface area contributed by atoms with Crippen LogP contribution in [-0.2, 0) is 33.2 Å². The first-order chi connectivity index (χ1) is 33.8. The highest BCUT2D eigenvalue weighted by atomic mass is 16.8. The van der Waals surface area contributed by atoms with Gasteiger partial charge >= 0.3 is 0 Å². The van der Waals surface area contributed by atoms with Gasteiger partial charge in [0.1, 0.15) is 73.2 Å². The summed E-state index contributed by atoms with van der Waals surface area (Å²) in [5.41, 5.74) is 0. The van der Waals surface area contributed by atoms with E-state index in [2.05, 4.69) is 67.8 Å². The molecule has 12 N–H and O–H groups in total. The van der Waals surface area contributed by atoms with Crippen molar-refractivity contribution >= 4 is 5.91 Å². The maximum Gasteiger partial charge on any atom is 0.220 e. The van der Waals surface area contributed by atoms with Crippen LogP contribution in [0.2, 0.25) is 0 Å². The van der Waals surface area contributed by atoms with Crippen LogP contribution >= 0.6 is 0 Å². The first-order valence-corrected chi connectivity index (χ1v) is 25.5. The Labute approximate surface area is 414 Å². The summed E-state index contributed by atoms with van der Waals surface area (Å²) < 4.78 is 34.0. The summed E-state index contributed by atoms with van der Waals surface area (Å²) in [6.45, 7) is 1.50. The Morgan fingerprint density at radius 3 is 1.56 bits per heavy atom. The predicted octanol–water partition coefficient (Wildman–Crippen LogP) is 1.75. The highest BCUT2D eigenvalue weighted by Gasteiger charge is 2.53. The van der Waals surface area contributed by atoms with Crippen molar-refractivity contribution in [1.29, 1.82) is 0 Å². The summed E-state index contributed by atoms with van der Waals surface area (Å²) >= 11 is 0. The summed E-state index contributed by atoms with van der Waals surface area (Å²) in [6.07, 6.45) is 9.50. The molecule has 17 atom stereocenters. The Hall–Kier alpha value is -2.51. The zero-order valence-corrected chi connectivity index (χ0v) is 41.2. The number of aliphatic hydroxyl groups excluding tert-OH is 11. The summed E-state index contributed by atoms with van der Waals surface area (Å²) in [4.78, 5) is 13.2. The van der Waals surface area contributed by atoms with Crippen molar-refractivity contribution in [2.24, 2.45) is 0 Å². The minimum Gasteiger partial charge on any atom is -0.394 e. The van der Waals surface area contributed by atoms with Crippen LogP contribution in [0.3, 0.4) is 0 Å². The normalized spacial score (nSPS) is 33.1. The fourth-order valence-electron chi connectivity index (χ4n) is 8.18. The van der Waals surface area contributed by atoms with Crippen LogP contribution in [0.5, 0.6) is 0 Å². The van der Waals surface area contributed by atoms with E-state index in [-0.39, 0.29) is 18.9 Å². The number of ether oxygens (including phenoxy) is 6. The van der Waals surface area contributed by atoms with Crippen LogP contribution in [0.4, 0.5) is 0 Å². The van der Waals surface area contributed by atoms with Crippen LogP contribution < -0.4 is 5.32 Å². The summed E-state index contributed by atoms with van der Waals surface area (Å²) in [5, 5.41) is 119. The second kappa shape index (κ2) is 35.6. The van der Waals surface area contributed by atoms with E-state index in [0.29, 0.717) is 12.8 Å². The lowest BCUT2D eigenvalue weighted by atomic mass is 9.96. The molecule has 0 aliphatic carbocycles. The SMILES string of the molecule is CCC/C=C/CC/C=C/CC/C=C/C(O)C(COC1OC(CO)C(OC2OC(CO)C(OC3OC(CO)C(O)C(O)C3O)C(O)C2O)C(O)C1O)NC(=O)CCCCCCC/C=C\C/C=C\CCCC. The molecule has 3 aliphatic heterocycles. The van der Waals surface area contributed by atoms with Crippen molar-refractivity contribution < 1.29 is 89.4 Å². The van der Waals surface area contributed by atoms with E-state index in [1.165, 1.54) is 12.8 Å². The lowest BCUT2D eigenvalue weighted by molar-refractivity contribution is -0.379. The van der Waals surface area contributed by atoms with Gasteiger partial charge in [0.2, 0.25) is 5.91 Å². The minimum atomic E-state index is -1.98. The molecule has 19 nitrogen and oxygen atoms in total. The highest BCUT2D eigenvalue weighted by molar-refractivity contribution is 5.76. The highest BCUT2D eigenvalue weighted by Crippen LogP contribution is 2.33. The maximum absolute atomic E-state index is 13.2. The van der Waals surface area contributed by atoms with E-state index in [1.54, 1.807) is 12.2 Å². The number of allylic oxidation sites excluding steroid dienone is 9. The van der Waals surface area contributed by atoms with Crippen molar-refractivity contribution in [3.63, 3.8) is 0 Å². The van der Waals surface area contributed by atoms with Gasteiger partial charge < -0.3 is 89.9 Å². The Kier molecular flexibility index (Phi) is 31.4. The number of aliphatic hydroxyl groups is 11. The van der Waals surface area contributed by atoms with Crippen molar-refractivity contribution in [3.05, 3.63) is 60.8 Å². The molecule has 3 rings (SSSR count). The molecule has 3 saturated heterocycles. The van der Waals surface area contributed by atoms with Gasteiger partial charge in [0.25, 0.3) is 0 Å². The van der Waals surface area contributed by atoms with Crippen LogP contribution in [0.1, 0.15) is 123 Å². The van der Waals surface area contributed by atoms with Gasteiger partial charge in [0.15, 0.2) is 18.9 Å². The lowest BCUT2D eigenvalue weighted by Crippen LogP contribution is -2.66. The number of hydrogen-bond acceptors (Lipinski definition) is 18. The van der Waals surface area contributed by atoms with Crippen molar-refractivity contribution in [2.45, 2.75) is 227 Å². The molecule has 0 bridgehead atoms. The average Bonchev–Trinajstić information content (AvgIpc) is 3.35. The zero-order chi connectivity index (χ0) is 51.3. The van der Waals surface area contributed by atoms with Gasteiger partial charge in [-0.3, -0.25) is 4.79 Å². The molecule has 1 amide bonds. The average molecular weight is 1000 g/mol.